The van der Waals surface area contributed by atoms with Gasteiger partial charge in [-0.1, -0.05) is 15.9 Å². The first-order valence-electron chi connectivity index (χ1n) is 5.47. The van der Waals surface area contributed by atoms with E-state index in [1.807, 2.05) is 6.92 Å². The molecular weight excluding hydrogens is 287 g/mol. The number of rotatable bonds is 6. The van der Waals surface area contributed by atoms with E-state index in [0.29, 0.717) is 24.9 Å². The molecule has 0 fully saturated rings. The number of amides is 1. The van der Waals surface area contributed by atoms with Crippen molar-refractivity contribution in [2.45, 2.75) is 25.8 Å². The molecule has 0 aliphatic heterocycles. The third kappa shape index (κ3) is 4.83. The molecular formula is C12H16BrFN2O. The van der Waals surface area contributed by atoms with Gasteiger partial charge in [0.1, 0.15) is 5.82 Å². The van der Waals surface area contributed by atoms with Gasteiger partial charge >= 0.3 is 0 Å². The van der Waals surface area contributed by atoms with Gasteiger partial charge in [0.05, 0.1) is 0 Å². The van der Waals surface area contributed by atoms with E-state index in [1.165, 1.54) is 6.07 Å². The van der Waals surface area contributed by atoms with Crippen LogP contribution in [0.5, 0.6) is 0 Å². The van der Waals surface area contributed by atoms with Crippen molar-refractivity contribution in [3.05, 3.63) is 34.1 Å². The smallest absolute Gasteiger partial charge is 0.217 e. The summed E-state index contributed by atoms with van der Waals surface area (Å²) in [5.41, 5.74) is 5.64. The SMILES string of the molecule is CC(NCCCC(N)=O)c1cc(Br)ccc1F. The lowest BCUT2D eigenvalue weighted by Crippen LogP contribution is -2.22. The average molecular weight is 303 g/mol. The van der Waals surface area contributed by atoms with Crippen molar-refractivity contribution in [2.75, 3.05) is 6.54 Å². The van der Waals surface area contributed by atoms with Crippen LogP contribution in [0.15, 0.2) is 22.7 Å². The Morgan fingerprint density at radius 3 is 2.94 bits per heavy atom. The van der Waals surface area contributed by atoms with Crippen LogP contribution >= 0.6 is 15.9 Å². The fourth-order valence-corrected chi connectivity index (χ4v) is 1.92. The van der Waals surface area contributed by atoms with Crippen LogP contribution in [0.1, 0.15) is 31.4 Å². The number of carbonyl (C=O) groups excluding carboxylic acids is 1. The van der Waals surface area contributed by atoms with Crippen molar-refractivity contribution < 1.29 is 9.18 Å². The second-order valence-electron chi connectivity index (χ2n) is 3.91. The Bertz CT molecular complexity index is 398. The zero-order chi connectivity index (χ0) is 12.8. The van der Waals surface area contributed by atoms with Gasteiger partial charge in [-0.3, -0.25) is 4.79 Å². The van der Waals surface area contributed by atoms with E-state index in [9.17, 15) is 9.18 Å². The first-order chi connectivity index (χ1) is 8.00. The molecule has 0 saturated heterocycles. The molecule has 0 saturated carbocycles. The average Bonchev–Trinajstić information content (AvgIpc) is 2.27. The molecule has 0 bridgehead atoms. The van der Waals surface area contributed by atoms with Crippen LogP contribution in [0, 0.1) is 5.82 Å². The van der Waals surface area contributed by atoms with Gasteiger partial charge in [0, 0.05) is 22.5 Å². The van der Waals surface area contributed by atoms with E-state index < -0.39 is 0 Å². The molecule has 1 unspecified atom stereocenters. The fraction of sp³-hybridized carbons (Fsp3) is 0.417. The summed E-state index contributed by atoms with van der Waals surface area (Å²) in [5.74, 6) is -0.545. The van der Waals surface area contributed by atoms with E-state index in [0.717, 1.165) is 4.47 Å². The minimum absolute atomic E-state index is 0.0969. The van der Waals surface area contributed by atoms with Gasteiger partial charge < -0.3 is 11.1 Å². The molecule has 0 heterocycles. The molecule has 0 aromatic heterocycles. The molecule has 1 amide bonds. The van der Waals surface area contributed by atoms with Crippen molar-refractivity contribution in [3.63, 3.8) is 0 Å². The van der Waals surface area contributed by atoms with E-state index in [1.54, 1.807) is 12.1 Å². The van der Waals surface area contributed by atoms with E-state index >= 15 is 0 Å². The number of halogens is 2. The lowest BCUT2D eigenvalue weighted by Gasteiger charge is -2.15. The molecule has 5 heteroatoms. The topological polar surface area (TPSA) is 55.1 Å². The monoisotopic (exact) mass is 302 g/mol. The number of primary amides is 1. The summed E-state index contributed by atoms with van der Waals surface area (Å²) in [4.78, 5) is 10.5. The number of nitrogens with one attached hydrogen (secondary N) is 1. The Morgan fingerprint density at radius 1 is 1.59 bits per heavy atom. The summed E-state index contributed by atoms with van der Waals surface area (Å²) in [7, 11) is 0. The highest BCUT2D eigenvalue weighted by Crippen LogP contribution is 2.21. The van der Waals surface area contributed by atoms with Gasteiger partial charge in [0.15, 0.2) is 0 Å². The Kier molecular flexibility index (Phi) is 5.58. The molecule has 1 aromatic rings. The molecule has 3 nitrogen and oxygen atoms in total. The molecule has 0 aliphatic rings. The maximum absolute atomic E-state index is 13.5. The lowest BCUT2D eigenvalue weighted by atomic mass is 10.1. The summed E-state index contributed by atoms with van der Waals surface area (Å²) in [6.07, 6.45) is 1.01. The Balaban J connectivity index is 2.49. The van der Waals surface area contributed by atoms with Crippen LogP contribution in [0.3, 0.4) is 0 Å². The first-order valence-corrected chi connectivity index (χ1v) is 6.26. The Morgan fingerprint density at radius 2 is 2.29 bits per heavy atom. The Labute approximate surface area is 109 Å². The minimum atomic E-state index is -0.312. The largest absolute Gasteiger partial charge is 0.370 e. The summed E-state index contributed by atoms with van der Waals surface area (Å²) in [6.45, 7) is 2.52. The second kappa shape index (κ2) is 6.71. The van der Waals surface area contributed by atoms with Crippen molar-refractivity contribution >= 4 is 21.8 Å². The number of hydrogen-bond acceptors (Lipinski definition) is 2. The van der Waals surface area contributed by atoms with Gasteiger partial charge in [-0.2, -0.15) is 0 Å². The van der Waals surface area contributed by atoms with Crippen LogP contribution in [-0.4, -0.2) is 12.5 Å². The summed E-state index contributed by atoms with van der Waals surface area (Å²) >= 11 is 3.31. The van der Waals surface area contributed by atoms with Crippen LogP contribution in [0.25, 0.3) is 0 Å². The second-order valence-corrected chi connectivity index (χ2v) is 4.83. The zero-order valence-corrected chi connectivity index (χ0v) is 11.3. The highest BCUT2D eigenvalue weighted by atomic mass is 79.9. The Hall–Kier alpha value is -0.940. The van der Waals surface area contributed by atoms with Crippen LogP contribution in [-0.2, 0) is 4.79 Å². The van der Waals surface area contributed by atoms with Crippen molar-refractivity contribution in [3.8, 4) is 0 Å². The third-order valence-electron chi connectivity index (χ3n) is 2.48. The molecule has 0 aliphatic carbocycles. The maximum Gasteiger partial charge on any atom is 0.217 e. The van der Waals surface area contributed by atoms with Crippen molar-refractivity contribution in [1.29, 1.82) is 0 Å². The molecule has 17 heavy (non-hydrogen) atoms. The summed E-state index contributed by atoms with van der Waals surface area (Å²) in [5, 5.41) is 3.15. The van der Waals surface area contributed by atoms with Gasteiger partial charge in [-0.05, 0) is 38.1 Å². The highest BCUT2D eigenvalue weighted by Gasteiger charge is 2.10. The highest BCUT2D eigenvalue weighted by molar-refractivity contribution is 9.10. The van der Waals surface area contributed by atoms with Crippen molar-refractivity contribution in [1.82, 2.24) is 5.32 Å². The lowest BCUT2D eigenvalue weighted by molar-refractivity contribution is -0.118. The molecule has 1 rings (SSSR count). The fourth-order valence-electron chi connectivity index (χ4n) is 1.54. The van der Waals surface area contributed by atoms with Crippen LogP contribution in [0.4, 0.5) is 4.39 Å². The standard InChI is InChI=1S/C12H16BrFN2O/c1-8(16-6-2-3-12(15)17)10-7-9(13)4-5-11(10)14/h4-5,7-8,16H,2-3,6H2,1H3,(H2,15,17). The predicted octanol–water partition coefficient (Wildman–Crippen LogP) is 2.50. The molecule has 1 aromatic carbocycles. The van der Waals surface area contributed by atoms with E-state index in [2.05, 4.69) is 21.2 Å². The molecule has 1 atom stereocenters. The zero-order valence-electron chi connectivity index (χ0n) is 9.67. The molecule has 0 spiro atoms. The number of carbonyl (C=O) groups is 1. The van der Waals surface area contributed by atoms with Crippen molar-refractivity contribution in [2.24, 2.45) is 5.73 Å². The number of hydrogen-bond donors (Lipinski definition) is 2. The summed E-state index contributed by atoms with van der Waals surface area (Å²) < 4.78 is 14.4. The minimum Gasteiger partial charge on any atom is -0.370 e. The number of nitrogens with two attached hydrogens (primary N) is 1. The predicted molar refractivity (Wildman–Crippen MR) is 68.9 cm³/mol. The normalized spacial score (nSPS) is 12.4. The van der Waals surface area contributed by atoms with Gasteiger partial charge in [-0.25, -0.2) is 4.39 Å². The van der Waals surface area contributed by atoms with Crippen LogP contribution in [0.2, 0.25) is 0 Å². The van der Waals surface area contributed by atoms with Gasteiger partial charge in [0.2, 0.25) is 5.91 Å². The van der Waals surface area contributed by atoms with Crippen LogP contribution < -0.4 is 11.1 Å². The van der Waals surface area contributed by atoms with E-state index in [4.69, 9.17) is 5.73 Å². The summed E-state index contributed by atoms with van der Waals surface area (Å²) in [6, 6.07) is 4.75. The molecule has 94 valence electrons. The maximum atomic E-state index is 13.5. The quantitative estimate of drug-likeness (QED) is 0.793. The van der Waals surface area contributed by atoms with E-state index in [-0.39, 0.29) is 17.8 Å². The third-order valence-corrected chi connectivity index (χ3v) is 2.97. The van der Waals surface area contributed by atoms with Gasteiger partial charge in [0.25, 0.3) is 0 Å². The van der Waals surface area contributed by atoms with Gasteiger partial charge in [-0.15, -0.1) is 0 Å². The first kappa shape index (κ1) is 14.1. The number of benzene rings is 1. The molecule has 3 N–H and O–H groups in total. The molecule has 0 radical (unpaired) electrons.